The minimum Gasteiger partial charge on any atom is -0.136 e. The molecule has 3 rings (SSSR count). The first kappa shape index (κ1) is 14.2. The molecule has 0 aliphatic rings. The Morgan fingerprint density at radius 3 is 2.29 bits per heavy atom. The van der Waals surface area contributed by atoms with Crippen molar-refractivity contribution in [1.82, 2.24) is 0 Å². The van der Waals surface area contributed by atoms with Gasteiger partial charge in [-0.25, -0.2) is 0 Å². The predicted octanol–water partition coefficient (Wildman–Crippen LogP) is 6.31. The van der Waals surface area contributed by atoms with Crippen molar-refractivity contribution >= 4 is 35.3 Å². The standard InChI is InChI=1S/C19H16S2/c1-20-17-10-7-15(8-11-17)9-12-18-13-14-19(21-18)16-5-3-2-4-6-16/h2-14H,1H3/b12-9+. The van der Waals surface area contributed by atoms with E-state index >= 15 is 0 Å². The summed E-state index contributed by atoms with van der Waals surface area (Å²) in [7, 11) is 0. The molecule has 0 bridgehead atoms. The maximum atomic E-state index is 2.19. The zero-order chi connectivity index (χ0) is 14.5. The Labute approximate surface area is 134 Å². The van der Waals surface area contributed by atoms with Crippen LogP contribution in [0.1, 0.15) is 10.4 Å². The first-order valence-corrected chi connectivity index (χ1v) is 8.87. The van der Waals surface area contributed by atoms with E-state index in [1.54, 1.807) is 11.8 Å². The van der Waals surface area contributed by atoms with Crippen molar-refractivity contribution in [2.75, 3.05) is 6.26 Å². The van der Waals surface area contributed by atoms with Gasteiger partial charge in [-0.05, 0) is 47.7 Å². The molecule has 0 radical (unpaired) electrons. The van der Waals surface area contributed by atoms with E-state index < -0.39 is 0 Å². The molecule has 0 amide bonds. The topological polar surface area (TPSA) is 0 Å². The van der Waals surface area contributed by atoms with Crippen LogP contribution in [0.2, 0.25) is 0 Å². The Kier molecular flexibility index (Phi) is 4.59. The monoisotopic (exact) mass is 308 g/mol. The Bertz CT molecular complexity index is 722. The van der Waals surface area contributed by atoms with Gasteiger partial charge in [0.15, 0.2) is 0 Å². The van der Waals surface area contributed by atoms with Crippen molar-refractivity contribution in [3.8, 4) is 10.4 Å². The fraction of sp³-hybridized carbons (Fsp3) is 0.0526. The van der Waals surface area contributed by atoms with Gasteiger partial charge in [0.2, 0.25) is 0 Å². The second kappa shape index (κ2) is 6.79. The molecular weight excluding hydrogens is 292 g/mol. The molecule has 21 heavy (non-hydrogen) atoms. The first-order valence-electron chi connectivity index (χ1n) is 6.82. The smallest absolute Gasteiger partial charge is 0.0349 e. The van der Waals surface area contributed by atoms with E-state index in [2.05, 4.69) is 85.1 Å². The van der Waals surface area contributed by atoms with E-state index in [1.165, 1.54) is 25.8 Å². The summed E-state index contributed by atoms with van der Waals surface area (Å²) in [4.78, 5) is 3.89. The Hall–Kier alpha value is -1.77. The van der Waals surface area contributed by atoms with Crippen LogP contribution in [-0.4, -0.2) is 6.26 Å². The molecule has 0 fully saturated rings. The number of thiophene rings is 1. The Balaban J connectivity index is 1.76. The van der Waals surface area contributed by atoms with Crippen LogP contribution in [0.4, 0.5) is 0 Å². The van der Waals surface area contributed by atoms with Crippen LogP contribution in [0.3, 0.4) is 0 Å². The lowest BCUT2D eigenvalue weighted by Gasteiger charge is -1.96. The molecule has 0 nitrogen and oxygen atoms in total. The fourth-order valence-electron chi connectivity index (χ4n) is 2.09. The summed E-state index contributed by atoms with van der Waals surface area (Å²) >= 11 is 3.59. The fourth-order valence-corrected chi connectivity index (χ4v) is 3.42. The number of rotatable bonds is 4. The summed E-state index contributed by atoms with van der Waals surface area (Å²) < 4.78 is 0. The molecule has 0 saturated carbocycles. The van der Waals surface area contributed by atoms with Crippen molar-refractivity contribution in [3.05, 3.63) is 77.2 Å². The second-order valence-electron chi connectivity index (χ2n) is 4.67. The SMILES string of the molecule is CSc1ccc(/C=C/c2ccc(-c3ccccc3)s2)cc1. The molecule has 0 N–H and O–H groups in total. The normalized spacial score (nSPS) is 11.1. The minimum absolute atomic E-state index is 1.24. The van der Waals surface area contributed by atoms with Crippen LogP contribution >= 0.6 is 23.1 Å². The van der Waals surface area contributed by atoms with Gasteiger partial charge in [-0.2, -0.15) is 0 Å². The zero-order valence-corrected chi connectivity index (χ0v) is 13.5. The molecule has 0 aliphatic heterocycles. The highest BCUT2D eigenvalue weighted by atomic mass is 32.2. The quantitative estimate of drug-likeness (QED) is 0.509. The largest absolute Gasteiger partial charge is 0.136 e. The Morgan fingerprint density at radius 2 is 1.57 bits per heavy atom. The van der Waals surface area contributed by atoms with Crippen molar-refractivity contribution in [1.29, 1.82) is 0 Å². The van der Waals surface area contributed by atoms with Gasteiger partial charge in [0, 0.05) is 14.6 Å². The number of hydrogen-bond donors (Lipinski definition) is 0. The molecule has 1 heterocycles. The van der Waals surface area contributed by atoms with Gasteiger partial charge >= 0.3 is 0 Å². The summed E-state index contributed by atoms with van der Waals surface area (Å²) in [6.45, 7) is 0. The van der Waals surface area contributed by atoms with Gasteiger partial charge in [-0.1, -0.05) is 48.5 Å². The lowest BCUT2D eigenvalue weighted by Crippen LogP contribution is -1.72. The molecule has 0 saturated heterocycles. The van der Waals surface area contributed by atoms with E-state index in [0.717, 1.165) is 0 Å². The third-order valence-corrected chi connectivity index (χ3v) is 5.08. The summed E-state index contributed by atoms with van der Waals surface area (Å²) in [5.74, 6) is 0. The first-order chi connectivity index (χ1) is 10.3. The number of thioether (sulfide) groups is 1. The highest BCUT2D eigenvalue weighted by Gasteiger charge is 2.00. The van der Waals surface area contributed by atoms with E-state index in [1.807, 2.05) is 11.3 Å². The van der Waals surface area contributed by atoms with Crippen LogP contribution in [0.15, 0.2) is 71.6 Å². The van der Waals surface area contributed by atoms with Gasteiger partial charge in [-0.15, -0.1) is 23.1 Å². The summed E-state index contributed by atoms with van der Waals surface area (Å²) in [5.41, 5.74) is 2.52. The van der Waals surface area contributed by atoms with Gasteiger partial charge in [0.1, 0.15) is 0 Å². The van der Waals surface area contributed by atoms with Gasteiger partial charge in [0.25, 0.3) is 0 Å². The zero-order valence-electron chi connectivity index (χ0n) is 11.8. The van der Waals surface area contributed by atoms with Crippen LogP contribution in [0.5, 0.6) is 0 Å². The molecule has 2 heteroatoms. The van der Waals surface area contributed by atoms with E-state index in [0.29, 0.717) is 0 Å². The maximum Gasteiger partial charge on any atom is 0.0349 e. The molecule has 0 atom stereocenters. The lowest BCUT2D eigenvalue weighted by molar-refractivity contribution is 1.45. The number of benzene rings is 2. The van der Waals surface area contributed by atoms with E-state index in [9.17, 15) is 0 Å². The summed E-state index contributed by atoms with van der Waals surface area (Å²) in [6.07, 6.45) is 6.46. The minimum atomic E-state index is 1.24. The lowest BCUT2D eigenvalue weighted by atomic mass is 10.2. The van der Waals surface area contributed by atoms with E-state index in [-0.39, 0.29) is 0 Å². The third kappa shape index (κ3) is 3.66. The predicted molar refractivity (Wildman–Crippen MR) is 96.9 cm³/mol. The molecule has 1 aromatic heterocycles. The molecule has 0 spiro atoms. The summed E-state index contributed by atoms with van der Waals surface area (Å²) in [6, 6.07) is 23.5. The molecule has 0 unspecified atom stereocenters. The molecule has 0 aliphatic carbocycles. The highest BCUT2D eigenvalue weighted by Crippen LogP contribution is 2.29. The summed E-state index contributed by atoms with van der Waals surface area (Å²) in [5, 5.41) is 0. The number of hydrogen-bond acceptors (Lipinski definition) is 2. The van der Waals surface area contributed by atoms with Crippen molar-refractivity contribution in [2.45, 2.75) is 4.90 Å². The third-order valence-electron chi connectivity index (χ3n) is 3.24. The van der Waals surface area contributed by atoms with Gasteiger partial charge in [-0.3, -0.25) is 0 Å². The average molecular weight is 308 g/mol. The van der Waals surface area contributed by atoms with Crippen molar-refractivity contribution in [3.63, 3.8) is 0 Å². The molecule has 2 aromatic carbocycles. The van der Waals surface area contributed by atoms with E-state index in [4.69, 9.17) is 0 Å². The van der Waals surface area contributed by atoms with Crippen LogP contribution < -0.4 is 0 Å². The van der Waals surface area contributed by atoms with Crippen LogP contribution in [0, 0.1) is 0 Å². The van der Waals surface area contributed by atoms with Crippen molar-refractivity contribution < 1.29 is 0 Å². The van der Waals surface area contributed by atoms with Crippen LogP contribution in [0.25, 0.3) is 22.6 Å². The average Bonchev–Trinajstić information content (AvgIpc) is 3.03. The Morgan fingerprint density at radius 1 is 0.810 bits per heavy atom. The second-order valence-corrected chi connectivity index (χ2v) is 6.67. The molecule has 3 aromatic rings. The van der Waals surface area contributed by atoms with Gasteiger partial charge < -0.3 is 0 Å². The molecular formula is C19H16S2. The van der Waals surface area contributed by atoms with Crippen LogP contribution in [-0.2, 0) is 0 Å². The molecule has 104 valence electrons. The van der Waals surface area contributed by atoms with Gasteiger partial charge in [0.05, 0.1) is 0 Å². The maximum absolute atomic E-state index is 2.19. The van der Waals surface area contributed by atoms with Crippen molar-refractivity contribution in [2.24, 2.45) is 0 Å². The highest BCUT2D eigenvalue weighted by molar-refractivity contribution is 7.98.